The van der Waals surface area contributed by atoms with Crippen molar-refractivity contribution in [1.82, 2.24) is 4.90 Å². The van der Waals surface area contributed by atoms with Crippen LogP contribution in [0.1, 0.15) is 27.9 Å². The van der Waals surface area contributed by atoms with Gasteiger partial charge in [0.1, 0.15) is 11.6 Å². The fourth-order valence-corrected chi connectivity index (χ4v) is 3.45. The average Bonchev–Trinajstić information content (AvgIpc) is 3.22. The Morgan fingerprint density at radius 2 is 1.60 bits per heavy atom. The topological polar surface area (TPSA) is 41.9 Å². The summed E-state index contributed by atoms with van der Waals surface area (Å²) in [5.41, 5.74) is 1.79. The molecule has 6 heteroatoms. The van der Waals surface area contributed by atoms with Crippen molar-refractivity contribution >= 4 is 11.6 Å². The van der Waals surface area contributed by atoms with Gasteiger partial charge in [0, 0.05) is 18.5 Å². The minimum atomic E-state index is -0.573. The molecule has 0 spiro atoms. The first kappa shape index (κ1) is 19.8. The highest BCUT2D eigenvalue weighted by atomic mass is 19.1. The highest BCUT2D eigenvalue weighted by Crippen LogP contribution is 2.22. The molecule has 3 aromatic rings. The number of oxime groups is 1. The maximum absolute atomic E-state index is 14.2. The van der Waals surface area contributed by atoms with Crippen molar-refractivity contribution in [1.29, 1.82) is 0 Å². The highest BCUT2D eigenvalue weighted by molar-refractivity contribution is 6.01. The van der Waals surface area contributed by atoms with E-state index in [0.29, 0.717) is 24.2 Å². The Kier molecular flexibility index (Phi) is 5.84. The Morgan fingerprint density at radius 1 is 0.933 bits per heavy atom. The van der Waals surface area contributed by atoms with E-state index in [9.17, 15) is 13.6 Å². The normalized spacial score (nSPS) is 15.4. The number of rotatable bonds is 6. The van der Waals surface area contributed by atoms with Crippen molar-refractivity contribution < 1.29 is 18.4 Å². The lowest BCUT2D eigenvalue weighted by Crippen LogP contribution is -2.37. The summed E-state index contributed by atoms with van der Waals surface area (Å²) in [7, 11) is 0. The molecule has 0 aliphatic carbocycles. The first-order valence-corrected chi connectivity index (χ1v) is 9.67. The van der Waals surface area contributed by atoms with Gasteiger partial charge in [0.05, 0.1) is 17.8 Å². The Balaban J connectivity index is 1.53. The van der Waals surface area contributed by atoms with E-state index < -0.39 is 17.8 Å². The first-order valence-electron chi connectivity index (χ1n) is 9.67. The van der Waals surface area contributed by atoms with Crippen LogP contribution in [0.2, 0.25) is 0 Å². The standard InChI is InChI=1S/C24H20F2N2O2/c25-21-12-6-4-10-19(21)23-14-18(30-27-23)16-28(15-17-8-2-1-3-9-17)24(29)20-11-5-7-13-22(20)26/h1-13,18H,14-16H2/t18-/m0/s1. The van der Waals surface area contributed by atoms with Crippen molar-refractivity contribution in [3.8, 4) is 0 Å². The second kappa shape index (κ2) is 8.86. The summed E-state index contributed by atoms with van der Waals surface area (Å²) in [6, 6.07) is 21.7. The SMILES string of the molecule is O=C(c1ccccc1F)N(Cc1ccccc1)C[C@@H]1CC(c2ccccc2F)=NO1. The monoisotopic (exact) mass is 406 g/mol. The summed E-state index contributed by atoms with van der Waals surface area (Å²) >= 11 is 0. The van der Waals surface area contributed by atoms with E-state index in [4.69, 9.17) is 4.84 Å². The van der Waals surface area contributed by atoms with Crippen molar-refractivity contribution in [3.05, 3.63) is 107 Å². The highest BCUT2D eigenvalue weighted by Gasteiger charge is 2.29. The Morgan fingerprint density at radius 3 is 2.33 bits per heavy atom. The van der Waals surface area contributed by atoms with E-state index in [0.717, 1.165) is 5.56 Å². The van der Waals surface area contributed by atoms with Crippen LogP contribution < -0.4 is 0 Å². The predicted octanol–water partition coefficient (Wildman–Crippen LogP) is 4.80. The lowest BCUT2D eigenvalue weighted by molar-refractivity contribution is 0.0402. The maximum Gasteiger partial charge on any atom is 0.257 e. The molecule has 152 valence electrons. The number of hydrogen-bond acceptors (Lipinski definition) is 3. The second-order valence-electron chi connectivity index (χ2n) is 7.10. The van der Waals surface area contributed by atoms with Gasteiger partial charge in [0.25, 0.3) is 5.91 Å². The molecule has 0 N–H and O–H groups in total. The van der Waals surface area contributed by atoms with Gasteiger partial charge in [0.2, 0.25) is 0 Å². The summed E-state index contributed by atoms with van der Waals surface area (Å²) in [4.78, 5) is 20.1. The fraction of sp³-hybridized carbons (Fsp3) is 0.167. The summed E-state index contributed by atoms with van der Waals surface area (Å²) in [5, 5.41) is 4.02. The Bertz CT molecular complexity index is 1070. The number of amides is 1. The number of nitrogens with zero attached hydrogens (tertiary/aromatic N) is 2. The first-order chi connectivity index (χ1) is 14.6. The molecule has 0 unspecified atom stereocenters. The van der Waals surface area contributed by atoms with Crippen molar-refractivity contribution in [2.24, 2.45) is 5.16 Å². The zero-order valence-electron chi connectivity index (χ0n) is 16.2. The van der Waals surface area contributed by atoms with Gasteiger partial charge >= 0.3 is 0 Å². The molecule has 1 aliphatic heterocycles. The molecule has 0 radical (unpaired) electrons. The van der Waals surface area contributed by atoms with E-state index in [1.807, 2.05) is 30.3 Å². The molecule has 4 nitrogen and oxygen atoms in total. The van der Waals surface area contributed by atoms with Crippen LogP contribution in [0.25, 0.3) is 0 Å². The fourth-order valence-electron chi connectivity index (χ4n) is 3.45. The third-order valence-electron chi connectivity index (χ3n) is 4.95. The van der Waals surface area contributed by atoms with Crippen LogP contribution in [0.3, 0.4) is 0 Å². The molecule has 0 saturated carbocycles. The van der Waals surface area contributed by atoms with E-state index >= 15 is 0 Å². The average molecular weight is 406 g/mol. The quantitative estimate of drug-likeness (QED) is 0.590. The number of benzene rings is 3. The van der Waals surface area contributed by atoms with E-state index in [1.54, 1.807) is 30.3 Å². The van der Waals surface area contributed by atoms with Crippen LogP contribution in [0, 0.1) is 11.6 Å². The predicted molar refractivity (Wildman–Crippen MR) is 110 cm³/mol. The molecule has 0 aromatic heterocycles. The summed E-state index contributed by atoms with van der Waals surface area (Å²) in [5.74, 6) is -1.37. The van der Waals surface area contributed by atoms with Crippen LogP contribution in [0.5, 0.6) is 0 Å². The maximum atomic E-state index is 14.2. The van der Waals surface area contributed by atoms with Crippen LogP contribution in [0.15, 0.2) is 84.0 Å². The number of hydrogen-bond donors (Lipinski definition) is 0. The van der Waals surface area contributed by atoms with Crippen molar-refractivity contribution in [2.45, 2.75) is 19.1 Å². The Labute approximate surface area is 173 Å². The number of carbonyl (C=O) groups is 1. The molecule has 4 rings (SSSR count). The van der Waals surface area contributed by atoms with Gasteiger partial charge in [0.15, 0.2) is 6.10 Å². The molecule has 1 atom stereocenters. The largest absolute Gasteiger partial charge is 0.390 e. The van der Waals surface area contributed by atoms with Gasteiger partial charge in [-0.1, -0.05) is 65.8 Å². The van der Waals surface area contributed by atoms with Crippen LogP contribution in [0.4, 0.5) is 8.78 Å². The number of carbonyl (C=O) groups excluding carboxylic acids is 1. The zero-order valence-corrected chi connectivity index (χ0v) is 16.2. The Hall–Kier alpha value is -3.54. The molecular weight excluding hydrogens is 386 g/mol. The smallest absolute Gasteiger partial charge is 0.257 e. The molecule has 3 aromatic carbocycles. The molecular formula is C24H20F2N2O2. The molecule has 0 saturated heterocycles. The van der Waals surface area contributed by atoms with Crippen LogP contribution >= 0.6 is 0 Å². The van der Waals surface area contributed by atoms with Crippen LogP contribution in [-0.2, 0) is 11.4 Å². The van der Waals surface area contributed by atoms with Gasteiger partial charge in [-0.05, 0) is 23.8 Å². The van der Waals surface area contributed by atoms with Gasteiger partial charge in [-0.25, -0.2) is 8.78 Å². The van der Waals surface area contributed by atoms with Crippen molar-refractivity contribution in [3.63, 3.8) is 0 Å². The lowest BCUT2D eigenvalue weighted by atomic mass is 10.0. The van der Waals surface area contributed by atoms with Gasteiger partial charge in [-0.3, -0.25) is 4.79 Å². The van der Waals surface area contributed by atoms with Crippen LogP contribution in [-0.4, -0.2) is 29.2 Å². The number of halogens is 2. The van der Waals surface area contributed by atoms with E-state index in [2.05, 4.69) is 5.16 Å². The molecule has 0 bridgehead atoms. The zero-order chi connectivity index (χ0) is 20.9. The second-order valence-corrected chi connectivity index (χ2v) is 7.10. The van der Waals surface area contributed by atoms with Gasteiger partial charge in [-0.15, -0.1) is 0 Å². The summed E-state index contributed by atoms with van der Waals surface area (Å²) < 4.78 is 28.3. The third kappa shape index (κ3) is 4.38. The van der Waals surface area contributed by atoms with Gasteiger partial charge < -0.3 is 9.74 Å². The molecule has 1 amide bonds. The minimum Gasteiger partial charge on any atom is -0.390 e. The minimum absolute atomic E-state index is 0.00155. The molecule has 30 heavy (non-hydrogen) atoms. The molecule has 1 aliphatic rings. The summed E-state index contributed by atoms with van der Waals surface area (Å²) in [6.45, 7) is 0.492. The lowest BCUT2D eigenvalue weighted by Gasteiger charge is -2.25. The summed E-state index contributed by atoms with van der Waals surface area (Å²) in [6.07, 6.45) is -0.0874. The van der Waals surface area contributed by atoms with Gasteiger partial charge in [-0.2, -0.15) is 0 Å². The molecule has 0 fully saturated rings. The van der Waals surface area contributed by atoms with E-state index in [-0.39, 0.29) is 17.9 Å². The van der Waals surface area contributed by atoms with E-state index in [1.165, 1.54) is 23.1 Å². The third-order valence-corrected chi connectivity index (χ3v) is 4.95. The van der Waals surface area contributed by atoms with Crippen molar-refractivity contribution in [2.75, 3.05) is 6.54 Å². The molecule has 1 heterocycles.